The Kier molecular flexibility index (Phi) is 21.8. The summed E-state index contributed by atoms with van der Waals surface area (Å²) < 4.78 is 21.9. The number of aliphatic hydroxyl groups is 2. The molecule has 0 bridgehead atoms. The van der Waals surface area contributed by atoms with Crippen molar-refractivity contribution >= 4 is 13.6 Å². The van der Waals surface area contributed by atoms with E-state index >= 15 is 0 Å². The number of phosphoric acid groups is 1. The number of rotatable bonds is 23. The Morgan fingerprint density at radius 2 is 1.38 bits per heavy atom. The Hall–Kier alpha value is -1.90. The molecular weight excluding hydrogens is 517 g/mol. The predicted molar refractivity (Wildman–Crippen MR) is 157 cm³/mol. The van der Waals surface area contributed by atoms with E-state index in [1.807, 2.05) is 36.5 Å². The normalized spacial score (nSPS) is 16.5. The molecule has 0 rings (SSSR count). The lowest BCUT2D eigenvalue weighted by molar-refractivity contribution is -0.872. The van der Waals surface area contributed by atoms with Crippen molar-refractivity contribution in [3.8, 4) is 0 Å². The maximum absolute atomic E-state index is 12.6. The second kappa shape index (κ2) is 22.9. The first-order chi connectivity index (χ1) is 18.5. The summed E-state index contributed by atoms with van der Waals surface area (Å²) in [4.78, 5) is 24.6. The van der Waals surface area contributed by atoms with E-state index in [-0.39, 0.29) is 11.0 Å². The number of ketones is 1. The zero-order chi connectivity index (χ0) is 29.4. The lowest BCUT2D eigenvalue weighted by atomic mass is 10.1. The summed E-state index contributed by atoms with van der Waals surface area (Å²) in [5.41, 5.74) is 0. The molecule has 0 saturated heterocycles. The number of likely N-dealkylation sites (N-methyl/N-ethyl adjacent to an activating group) is 1. The van der Waals surface area contributed by atoms with Crippen LogP contribution in [0.4, 0.5) is 0 Å². The summed E-state index contributed by atoms with van der Waals surface area (Å²) in [6.07, 6.45) is 29.6. The second-order valence-corrected chi connectivity index (χ2v) is 11.6. The minimum atomic E-state index is -4.87. The van der Waals surface area contributed by atoms with Gasteiger partial charge in [-0.05, 0) is 18.9 Å². The number of carbonyl (C=O) groups is 1. The zero-order valence-corrected chi connectivity index (χ0v) is 25.1. The Morgan fingerprint density at radius 1 is 0.872 bits per heavy atom. The number of carbonyl (C=O) groups excluding carboxylic acids is 1. The molecule has 0 aliphatic rings. The Morgan fingerprint density at radius 3 is 1.92 bits per heavy atom. The highest BCUT2D eigenvalue weighted by atomic mass is 31.2. The SMILES string of the molecule is CCCCCCCCCC=CC=CC=CC=CC=CC=CC(=O)C(C[N+](C)(C)C)OP(=O)([O-])OC[C@H](O)CO. The fourth-order valence-corrected chi connectivity index (χ4v) is 4.15. The summed E-state index contributed by atoms with van der Waals surface area (Å²) in [5.74, 6) is -0.538. The molecule has 0 aliphatic carbocycles. The van der Waals surface area contributed by atoms with Crippen LogP contribution in [0, 0.1) is 0 Å². The molecule has 9 heteroatoms. The van der Waals surface area contributed by atoms with Crippen molar-refractivity contribution in [3.05, 3.63) is 72.9 Å². The van der Waals surface area contributed by atoms with Crippen molar-refractivity contribution < 1.29 is 38.0 Å². The standard InChI is InChI=1S/C30H50NO7P/c1-5-6-7-8-9-10-11-12-13-14-15-16-17-18-19-20-21-22-23-24-29(34)30(25-31(2,3)4)38-39(35,36)37-27-28(33)26-32/h13-24,28,30,32-33H,5-12,25-27H2,1-4H3/t28-,30?/m1/s1. The van der Waals surface area contributed by atoms with Gasteiger partial charge in [-0.2, -0.15) is 0 Å². The van der Waals surface area contributed by atoms with Gasteiger partial charge in [0.05, 0.1) is 34.4 Å². The van der Waals surface area contributed by atoms with Gasteiger partial charge in [0.15, 0.2) is 11.9 Å². The first-order valence-corrected chi connectivity index (χ1v) is 15.2. The number of allylic oxidation sites excluding steroid dienone is 11. The van der Waals surface area contributed by atoms with Gasteiger partial charge < -0.3 is 28.6 Å². The molecular formula is C30H50NO7P. The third kappa shape index (κ3) is 24.9. The maximum Gasteiger partial charge on any atom is 0.268 e. The number of aliphatic hydroxyl groups excluding tert-OH is 2. The van der Waals surface area contributed by atoms with Crippen LogP contribution < -0.4 is 4.89 Å². The molecule has 0 amide bonds. The van der Waals surface area contributed by atoms with Crippen LogP contribution in [0.2, 0.25) is 0 Å². The largest absolute Gasteiger partial charge is 0.756 e. The van der Waals surface area contributed by atoms with E-state index in [1.165, 1.54) is 57.1 Å². The number of quaternary nitrogens is 1. The van der Waals surface area contributed by atoms with Gasteiger partial charge in [-0.1, -0.05) is 112 Å². The minimum Gasteiger partial charge on any atom is -0.756 e. The molecule has 2 unspecified atom stereocenters. The molecule has 3 atom stereocenters. The van der Waals surface area contributed by atoms with Crippen molar-refractivity contribution in [3.63, 3.8) is 0 Å². The van der Waals surface area contributed by atoms with Crippen LogP contribution in [0.5, 0.6) is 0 Å². The van der Waals surface area contributed by atoms with E-state index in [4.69, 9.17) is 9.63 Å². The van der Waals surface area contributed by atoms with Crippen LogP contribution in [0.3, 0.4) is 0 Å². The van der Waals surface area contributed by atoms with Crippen molar-refractivity contribution in [2.24, 2.45) is 0 Å². The molecule has 0 aliphatic heterocycles. The molecule has 0 heterocycles. The van der Waals surface area contributed by atoms with E-state index in [2.05, 4.69) is 23.6 Å². The highest BCUT2D eigenvalue weighted by Crippen LogP contribution is 2.40. The quantitative estimate of drug-likeness (QED) is 0.0589. The third-order valence-electron chi connectivity index (χ3n) is 5.29. The number of nitrogens with zero attached hydrogens (tertiary/aromatic N) is 1. The van der Waals surface area contributed by atoms with Gasteiger partial charge in [-0.25, -0.2) is 0 Å². The zero-order valence-electron chi connectivity index (χ0n) is 24.2. The van der Waals surface area contributed by atoms with Crippen LogP contribution in [0.25, 0.3) is 0 Å². The van der Waals surface area contributed by atoms with Crippen LogP contribution in [0.15, 0.2) is 72.9 Å². The summed E-state index contributed by atoms with van der Waals surface area (Å²) in [6, 6.07) is 0. The number of phosphoric ester groups is 1. The minimum absolute atomic E-state index is 0.0809. The predicted octanol–water partition coefficient (Wildman–Crippen LogP) is 4.96. The lowest BCUT2D eigenvalue weighted by Crippen LogP contribution is -2.45. The Bertz CT molecular complexity index is 869. The molecule has 2 N–H and O–H groups in total. The summed E-state index contributed by atoms with van der Waals surface area (Å²) >= 11 is 0. The summed E-state index contributed by atoms with van der Waals surface area (Å²) in [6.45, 7) is 1.00. The Labute approximate surface area is 235 Å². The van der Waals surface area contributed by atoms with E-state index in [9.17, 15) is 19.4 Å². The molecule has 0 aromatic heterocycles. The van der Waals surface area contributed by atoms with Gasteiger partial charge >= 0.3 is 0 Å². The van der Waals surface area contributed by atoms with Crippen LogP contribution >= 0.6 is 7.82 Å². The number of hydrogen-bond acceptors (Lipinski definition) is 7. The first kappa shape index (κ1) is 37.1. The molecule has 0 spiro atoms. The topological polar surface area (TPSA) is 116 Å². The third-order valence-corrected chi connectivity index (χ3v) is 6.27. The van der Waals surface area contributed by atoms with E-state index < -0.39 is 39.0 Å². The van der Waals surface area contributed by atoms with Gasteiger partial charge in [0.1, 0.15) is 12.6 Å². The Balaban J connectivity index is 4.50. The van der Waals surface area contributed by atoms with Gasteiger partial charge in [-0.3, -0.25) is 9.36 Å². The fraction of sp³-hybridized carbons (Fsp3) is 0.567. The molecule has 0 aromatic carbocycles. The highest BCUT2D eigenvalue weighted by Gasteiger charge is 2.29. The average Bonchev–Trinajstić information content (AvgIpc) is 2.87. The summed E-state index contributed by atoms with van der Waals surface area (Å²) in [7, 11) is 0.509. The van der Waals surface area contributed by atoms with E-state index in [0.717, 1.165) is 6.42 Å². The second-order valence-electron chi connectivity index (χ2n) is 10.3. The van der Waals surface area contributed by atoms with E-state index in [1.54, 1.807) is 33.3 Å². The van der Waals surface area contributed by atoms with Crippen molar-refractivity contribution in [2.75, 3.05) is 40.9 Å². The lowest BCUT2D eigenvalue weighted by Gasteiger charge is -2.32. The molecule has 0 radical (unpaired) electrons. The molecule has 222 valence electrons. The first-order valence-electron chi connectivity index (χ1n) is 13.8. The van der Waals surface area contributed by atoms with Crippen molar-refractivity contribution in [1.29, 1.82) is 0 Å². The van der Waals surface area contributed by atoms with Crippen molar-refractivity contribution in [2.45, 2.75) is 70.5 Å². The van der Waals surface area contributed by atoms with Crippen molar-refractivity contribution in [1.82, 2.24) is 0 Å². The van der Waals surface area contributed by atoms with Gasteiger partial charge in [-0.15, -0.1) is 0 Å². The van der Waals surface area contributed by atoms with E-state index in [0.29, 0.717) is 0 Å². The molecule has 39 heavy (non-hydrogen) atoms. The molecule has 0 aromatic rings. The molecule has 0 saturated carbocycles. The van der Waals surface area contributed by atoms with Gasteiger partial charge in [0.25, 0.3) is 7.82 Å². The summed E-state index contributed by atoms with van der Waals surface area (Å²) in [5, 5.41) is 18.1. The van der Waals surface area contributed by atoms with Crippen LogP contribution in [-0.4, -0.2) is 73.6 Å². The van der Waals surface area contributed by atoms with Gasteiger partial charge in [0, 0.05) is 0 Å². The van der Waals surface area contributed by atoms with Gasteiger partial charge in [0.2, 0.25) is 0 Å². The average molecular weight is 568 g/mol. The fourth-order valence-electron chi connectivity index (χ4n) is 3.25. The van der Waals surface area contributed by atoms with Crippen LogP contribution in [0.1, 0.15) is 58.3 Å². The monoisotopic (exact) mass is 567 g/mol. The maximum atomic E-state index is 12.6. The number of unbranched alkanes of at least 4 members (excludes halogenated alkanes) is 7. The molecule has 0 fully saturated rings. The highest BCUT2D eigenvalue weighted by molar-refractivity contribution is 7.45. The smallest absolute Gasteiger partial charge is 0.268 e. The number of hydrogen-bond donors (Lipinski definition) is 2. The molecule has 8 nitrogen and oxygen atoms in total. The van der Waals surface area contributed by atoms with Crippen LogP contribution in [-0.2, 0) is 18.4 Å².